The van der Waals surface area contributed by atoms with Crippen LogP contribution in [-0.2, 0) is 32.9 Å². The molecule has 2 atom stereocenters. The van der Waals surface area contributed by atoms with Crippen molar-refractivity contribution < 1.29 is 24.8 Å². The van der Waals surface area contributed by atoms with Crippen LogP contribution in [0.2, 0.25) is 0 Å². The Morgan fingerprint density at radius 2 is 1.44 bits per heavy atom. The molecule has 1 aliphatic carbocycles. The molecule has 0 saturated heterocycles. The summed E-state index contributed by atoms with van der Waals surface area (Å²) in [6, 6.07) is 54.5. The molecule has 3 aromatic heterocycles. The average Bonchev–Trinajstić information content (AvgIpc) is 3.72. The standard InChI is InChI=1S/C48H35FN4.Pd/c1-48(2)38-22-8-7-20-35(38)42(30-14-5-4-6-15-30)36-25-26-41-43(44(36)48)37-21-13-27-50-47(37)53(41)34-19-12-17-32(29-34)45(49)31-16-11-18-33(28-31)46-51-39-23-9-10-24-40(39)52(46)3;/h4-27,42,45H,1-3H3;/q-2;+2. The maximum absolute atomic E-state index is 16.7. The van der Waals surface area contributed by atoms with Crippen molar-refractivity contribution in [2.75, 3.05) is 0 Å². The number of fused-ring (bicyclic) bond motifs is 7. The zero-order valence-electron chi connectivity index (χ0n) is 30.0. The number of alkyl halides is 1. The van der Waals surface area contributed by atoms with Gasteiger partial charge in [-0.15, -0.1) is 41.5 Å². The quantitative estimate of drug-likeness (QED) is 0.129. The monoisotopic (exact) mass is 792 g/mol. The van der Waals surface area contributed by atoms with Gasteiger partial charge >= 0.3 is 20.4 Å². The van der Waals surface area contributed by atoms with E-state index < -0.39 is 6.17 Å². The van der Waals surface area contributed by atoms with Crippen molar-refractivity contribution in [2.45, 2.75) is 31.4 Å². The minimum Gasteiger partial charge on any atom is -0.367 e. The summed E-state index contributed by atoms with van der Waals surface area (Å²) in [7, 11) is 1.98. The first-order chi connectivity index (χ1) is 25.9. The van der Waals surface area contributed by atoms with Gasteiger partial charge in [0.25, 0.3) is 0 Å². The molecule has 4 nitrogen and oxygen atoms in total. The molecule has 10 rings (SSSR count). The van der Waals surface area contributed by atoms with Crippen molar-refractivity contribution in [3.05, 3.63) is 197 Å². The molecule has 0 radical (unpaired) electrons. The summed E-state index contributed by atoms with van der Waals surface area (Å²) in [6.07, 6.45) is 0.390. The van der Waals surface area contributed by atoms with Crippen molar-refractivity contribution in [3.8, 4) is 17.1 Å². The van der Waals surface area contributed by atoms with Gasteiger partial charge < -0.3 is 9.13 Å². The fraction of sp³-hybridized carbons (Fsp3) is 0.125. The molecule has 0 spiro atoms. The molecule has 2 unspecified atom stereocenters. The predicted octanol–water partition coefficient (Wildman–Crippen LogP) is 11.2. The Morgan fingerprint density at radius 1 is 0.704 bits per heavy atom. The van der Waals surface area contributed by atoms with Gasteiger partial charge in [-0.25, -0.2) is 9.37 Å². The van der Waals surface area contributed by atoms with Crippen molar-refractivity contribution in [1.29, 1.82) is 0 Å². The largest absolute Gasteiger partial charge is 2.00 e. The number of rotatable bonds is 5. The Kier molecular flexibility index (Phi) is 8.23. The van der Waals surface area contributed by atoms with Crippen LogP contribution < -0.4 is 0 Å². The van der Waals surface area contributed by atoms with Crippen molar-refractivity contribution in [2.24, 2.45) is 7.05 Å². The molecule has 0 aliphatic heterocycles. The molecule has 0 fully saturated rings. The molecule has 0 amide bonds. The second-order valence-electron chi connectivity index (χ2n) is 14.5. The van der Waals surface area contributed by atoms with Gasteiger partial charge in [-0.2, -0.15) is 18.2 Å². The van der Waals surface area contributed by atoms with Crippen LogP contribution in [0.3, 0.4) is 0 Å². The van der Waals surface area contributed by atoms with Crippen LogP contribution in [0.5, 0.6) is 0 Å². The molecule has 0 bridgehead atoms. The predicted molar refractivity (Wildman–Crippen MR) is 211 cm³/mol. The van der Waals surface area contributed by atoms with E-state index in [9.17, 15) is 0 Å². The third kappa shape index (κ3) is 5.12. The van der Waals surface area contributed by atoms with Gasteiger partial charge in [0.2, 0.25) is 0 Å². The molecule has 6 aromatic carbocycles. The summed E-state index contributed by atoms with van der Waals surface area (Å²) >= 11 is 0. The summed E-state index contributed by atoms with van der Waals surface area (Å²) in [5.74, 6) is 0.839. The minimum absolute atomic E-state index is 0. The summed E-state index contributed by atoms with van der Waals surface area (Å²) in [5.41, 5.74) is 12.3. The Morgan fingerprint density at radius 3 is 2.28 bits per heavy atom. The molecular formula is C48H35FN4Pd. The van der Waals surface area contributed by atoms with Gasteiger partial charge in [0.15, 0.2) is 0 Å². The van der Waals surface area contributed by atoms with Gasteiger partial charge in [0.05, 0.1) is 22.4 Å². The number of pyridine rings is 1. The Labute approximate surface area is 327 Å². The van der Waals surface area contributed by atoms with E-state index in [0.29, 0.717) is 11.1 Å². The molecule has 0 saturated carbocycles. The smallest absolute Gasteiger partial charge is 0.367 e. The van der Waals surface area contributed by atoms with E-state index in [2.05, 4.69) is 103 Å². The number of aromatic nitrogens is 4. The van der Waals surface area contributed by atoms with Gasteiger partial charge in [0, 0.05) is 35.3 Å². The third-order valence-corrected chi connectivity index (χ3v) is 11.2. The van der Waals surface area contributed by atoms with Gasteiger partial charge in [-0.3, -0.25) is 4.98 Å². The molecule has 3 heterocycles. The van der Waals surface area contributed by atoms with E-state index in [1.54, 1.807) is 12.1 Å². The number of halogens is 1. The van der Waals surface area contributed by atoms with Crippen molar-refractivity contribution in [1.82, 2.24) is 19.1 Å². The maximum atomic E-state index is 16.7. The van der Waals surface area contributed by atoms with Gasteiger partial charge in [-0.1, -0.05) is 97.9 Å². The second kappa shape index (κ2) is 13.0. The Hall–Kier alpha value is -5.67. The van der Waals surface area contributed by atoms with Gasteiger partial charge in [0.1, 0.15) is 11.8 Å². The molecule has 9 aromatic rings. The number of hydrogen-bond acceptors (Lipinski definition) is 2. The van der Waals surface area contributed by atoms with Crippen molar-refractivity contribution in [3.63, 3.8) is 0 Å². The van der Waals surface area contributed by atoms with E-state index in [0.717, 1.165) is 44.7 Å². The number of para-hydroxylation sites is 2. The van der Waals surface area contributed by atoms with Crippen LogP contribution in [0, 0.1) is 12.1 Å². The molecule has 0 N–H and O–H groups in total. The van der Waals surface area contributed by atoms with Crippen molar-refractivity contribution >= 4 is 33.0 Å². The normalized spacial score (nSPS) is 15.1. The first-order valence-corrected chi connectivity index (χ1v) is 18.1. The first kappa shape index (κ1) is 34.1. The van der Waals surface area contributed by atoms with E-state index >= 15 is 4.39 Å². The fourth-order valence-electron chi connectivity index (χ4n) is 8.81. The second-order valence-corrected chi connectivity index (χ2v) is 14.5. The van der Waals surface area contributed by atoms with Crippen LogP contribution in [-0.4, -0.2) is 19.1 Å². The third-order valence-electron chi connectivity index (χ3n) is 11.2. The SMILES string of the molecule is Cn1c(-c2[c-]c(C(F)c3[c-]c(-n4c5ccc6c(c5c5cccnc54)C(C)(C)c4ccccc4C6c4ccccc4)ccc3)ccc2)nc2ccccc21.[Pd+2]. The average molecular weight is 793 g/mol. The first-order valence-electron chi connectivity index (χ1n) is 18.1. The zero-order valence-corrected chi connectivity index (χ0v) is 31.5. The van der Waals surface area contributed by atoms with Crippen LogP contribution in [0.25, 0.3) is 50.0 Å². The van der Waals surface area contributed by atoms with Crippen LogP contribution >= 0.6 is 0 Å². The Balaban J connectivity index is 0.00000384. The molecule has 264 valence electrons. The zero-order chi connectivity index (χ0) is 35.8. The van der Waals surface area contributed by atoms with E-state index in [-0.39, 0.29) is 31.8 Å². The van der Waals surface area contributed by atoms with Crippen LogP contribution in [0.4, 0.5) is 4.39 Å². The topological polar surface area (TPSA) is 35.6 Å². The summed E-state index contributed by atoms with van der Waals surface area (Å²) in [6.45, 7) is 4.67. The van der Waals surface area contributed by atoms with Gasteiger partial charge in [-0.05, 0) is 58.1 Å². The number of nitrogens with zero attached hydrogens (tertiary/aromatic N) is 4. The maximum Gasteiger partial charge on any atom is 2.00 e. The molecule has 1 aliphatic rings. The van der Waals surface area contributed by atoms with E-state index in [1.807, 2.05) is 72.4 Å². The molecular weight excluding hydrogens is 758 g/mol. The summed E-state index contributed by atoms with van der Waals surface area (Å²) < 4.78 is 20.9. The molecule has 54 heavy (non-hydrogen) atoms. The van der Waals surface area contributed by atoms with E-state index in [4.69, 9.17) is 9.97 Å². The number of benzene rings is 6. The number of aryl methyl sites for hydroxylation is 1. The summed E-state index contributed by atoms with van der Waals surface area (Å²) in [4.78, 5) is 9.78. The van der Waals surface area contributed by atoms with Crippen LogP contribution in [0.15, 0.2) is 146 Å². The Bertz CT molecular complexity index is 2870. The minimum atomic E-state index is -1.44. The summed E-state index contributed by atoms with van der Waals surface area (Å²) in [5, 5.41) is 2.24. The number of hydrogen-bond donors (Lipinski definition) is 0. The van der Waals surface area contributed by atoms with E-state index in [1.165, 1.54) is 33.2 Å². The van der Waals surface area contributed by atoms with Crippen LogP contribution in [0.1, 0.15) is 64.9 Å². The number of imidazole rings is 1. The molecule has 6 heteroatoms. The fourth-order valence-corrected chi connectivity index (χ4v) is 8.81.